The van der Waals surface area contributed by atoms with Crippen LogP contribution in [-0.2, 0) is 5.75 Å². The Morgan fingerprint density at radius 1 is 1.50 bits per heavy atom. The minimum Gasteiger partial charge on any atom is -0.268 e. The van der Waals surface area contributed by atoms with Crippen molar-refractivity contribution in [2.45, 2.75) is 30.8 Å². The van der Waals surface area contributed by atoms with Crippen molar-refractivity contribution in [2.75, 3.05) is 0 Å². The third kappa shape index (κ3) is 3.05. The second-order valence-corrected chi connectivity index (χ2v) is 6.05. The van der Waals surface area contributed by atoms with Crippen molar-refractivity contribution >= 4 is 27.7 Å². The van der Waals surface area contributed by atoms with E-state index in [0.717, 1.165) is 15.4 Å². The van der Waals surface area contributed by atoms with Gasteiger partial charge in [0.15, 0.2) is 5.16 Å². The van der Waals surface area contributed by atoms with Crippen molar-refractivity contribution in [3.8, 4) is 0 Å². The second kappa shape index (κ2) is 5.75. The number of rotatable bonds is 4. The minimum atomic E-state index is -0.151. The van der Waals surface area contributed by atoms with Gasteiger partial charge in [0.05, 0.1) is 0 Å². The number of hydrogen-bond acceptors (Lipinski definition) is 3. The summed E-state index contributed by atoms with van der Waals surface area (Å²) in [5.74, 6) is 0.788. The molecule has 0 amide bonds. The summed E-state index contributed by atoms with van der Waals surface area (Å²) in [6, 6.07) is 8.23. The Morgan fingerprint density at radius 3 is 2.94 bits per heavy atom. The van der Waals surface area contributed by atoms with Crippen LogP contribution in [0.4, 0.5) is 0 Å². The van der Waals surface area contributed by atoms with Crippen molar-refractivity contribution in [2.24, 2.45) is 0 Å². The van der Waals surface area contributed by atoms with E-state index in [0.29, 0.717) is 0 Å². The third-order valence-electron chi connectivity index (χ3n) is 2.45. The van der Waals surface area contributed by atoms with Gasteiger partial charge in [0.25, 0.3) is 0 Å². The van der Waals surface area contributed by atoms with Crippen LogP contribution in [0.1, 0.15) is 25.5 Å². The SMILES string of the molecule is CC(C)n1c(SCc2cccc(Br)c2)n[nH]c1=O. The maximum absolute atomic E-state index is 11.6. The lowest BCUT2D eigenvalue weighted by molar-refractivity contribution is 0.534. The van der Waals surface area contributed by atoms with Crippen molar-refractivity contribution in [1.29, 1.82) is 0 Å². The Morgan fingerprint density at radius 2 is 2.28 bits per heavy atom. The summed E-state index contributed by atoms with van der Waals surface area (Å²) in [6.45, 7) is 3.94. The van der Waals surface area contributed by atoms with Gasteiger partial charge in [0, 0.05) is 16.3 Å². The molecule has 0 saturated heterocycles. The first-order valence-corrected chi connectivity index (χ1v) is 7.40. The molecule has 0 saturated carbocycles. The first-order valence-electron chi connectivity index (χ1n) is 5.62. The standard InChI is InChI=1S/C12H14BrN3OS/c1-8(2)16-11(17)14-15-12(16)18-7-9-4-3-5-10(13)6-9/h3-6,8H,7H2,1-2H3,(H,14,17). The molecule has 96 valence electrons. The molecule has 0 aliphatic rings. The molecule has 2 aromatic rings. The van der Waals surface area contributed by atoms with Crippen molar-refractivity contribution in [3.05, 3.63) is 44.8 Å². The number of halogens is 1. The van der Waals surface area contributed by atoms with Gasteiger partial charge in [-0.05, 0) is 31.5 Å². The summed E-state index contributed by atoms with van der Waals surface area (Å²) >= 11 is 5.00. The largest absolute Gasteiger partial charge is 0.344 e. The van der Waals surface area contributed by atoms with E-state index in [1.54, 1.807) is 16.3 Å². The predicted octanol–water partition coefficient (Wildman–Crippen LogP) is 3.21. The summed E-state index contributed by atoms with van der Waals surface area (Å²) in [7, 11) is 0. The maximum Gasteiger partial charge on any atom is 0.344 e. The van der Waals surface area contributed by atoms with Gasteiger partial charge in [0.1, 0.15) is 0 Å². The highest BCUT2D eigenvalue weighted by Crippen LogP contribution is 2.23. The summed E-state index contributed by atoms with van der Waals surface area (Å²) in [4.78, 5) is 11.6. The third-order valence-corrected chi connectivity index (χ3v) is 3.96. The average Bonchev–Trinajstić information content (AvgIpc) is 2.68. The van der Waals surface area contributed by atoms with Crippen molar-refractivity contribution in [1.82, 2.24) is 14.8 Å². The lowest BCUT2D eigenvalue weighted by Crippen LogP contribution is -2.19. The summed E-state index contributed by atoms with van der Waals surface area (Å²) in [5.41, 5.74) is 1.04. The van der Waals surface area contributed by atoms with Crippen LogP contribution in [0.5, 0.6) is 0 Å². The van der Waals surface area contributed by atoms with Gasteiger partial charge in [-0.3, -0.25) is 4.57 Å². The number of hydrogen-bond donors (Lipinski definition) is 1. The van der Waals surface area contributed by atoms with Crippen LogP contribution < -0.4 is 5.69 Å². The van der Waals surface area contributed by atoms with E-state index in [2.05, 4.69) is 38.3 Å². The van der Waals surface area contributed by atoms with E-state index >= 15 is 0 Å². The fraction of sp³-hybridized carbons (Fsp3) is 0.333. The van der Waals surface area contributed by atoms with E-state index < -0.39 is 0 Å². The van der Waals surface area contributed by atoms with E-state index in [-0.39, 0.29) is 11.7 Å². The molecule has 1 aromatic heterocycles. The highest BCUT2D eigenvalue weighted by molar-refractivity contribution is 9.10. The molecule has 4 nitrogen and oxygen atoms in total. The quantitative estimate of drug-likeness (QED) is 0.877. The van der Waals surface area contributed by atoms with E-state index in [1.807, 2.05) is 26.0 Å². The monoisotopic (exact) mass is 327 g/mol. The van der Waals surface area contributed by atoms with Crippen LogP contribution in [0.3, 0.4) is 0 Å². The smallest absolute Gasteiger partial charge is 0.268 e. The van der Waals surface area contributed by atoms with E-state index in [4.69, 9.17) is 0 Å². The number of nitrogens with zero attached hydrogens (tertiary/aromatic N) is 2. The summed E-state index contributed by atoms with van der Waals surface area (Å²) < 4.78 is 2.73. The first kappa shape index (κ1) is 13.4. The molecule has 1 aromatic carbocycles. The molecule has 1 N–H and O–H groups in total. The van der Waals surface area contributed by atoms with Crippen LogP contribution in [0.25, 0.3) is 0 Å². The second-order valence-electron chi connectivity index (χ2n) is 4.19. The predicted molar refractivity (Wildman–Crippen MR) is 76.9 cm³/mol. The molecule has 1 heterocycles. The first-order chi connectivity index (χ1) is 8.58. The van der Waals surface area contributed by atoms with Crippen LogP contribution in [0.15, 0.2) is 38.7 Å². The molecular formula is C12H14BrN3OS. The Hall–Kier alpha value is -1.01. The number of H-pyrrole nitrogens is 1. The molecule has 18 heavy (non-hydrogen) atoms. The normalized spacial score (nSPS) is 11.1. The van der Waals surface area contributed by atoms with E-state index in [9.17, 15) is 4.79 Å². The van der Waals surface area contributed by atoms with Gasteiger partial charge >= 0.3 is 5.69 Å². The Labute approximate surface area is 118 Å². The van der Waals surface area contributed by atoms with Crippen LogP contribution in [-0.4, -0.2) is 14.8 Å². The van der Waals surface area contributed by atoms with Gasteiger partial charge < -0.3 is 0 Å². The molecule has 6 heteroatoms. The van der Waals surface area contributed by atoms with E-state index in [1.165, 1.54) is 5.56 Å². The average molecular weight is 328 g/mol. The number of aromatic nitrogens is 3. The van der Waals surface area contributed by atoms with Gasteiger partial charge in [-0.15, -0.1) is 5.10 Å². The van der Waals surface area contributed by atoms with Crippen LogP contribution in [0.2, 0.25) is 0 Å². The van der Waals surface area contributed by atoms with Gasteiger partial charge in [-0.1, -0.05) is 39.8 Å². The maximum atomic E-state index is 11.6. The van der Waals surface area contributed by atoms with Crippen molar-refractivity contribution in [3.63, 3.8) is 0 Å². The molecule has 0 atom stereocenters. The highest BCUT2D eigenvalue weighted by Gasteiger charge is 2.11. The van der Waals surface area contributed by atoms with Gasteiger partial charge in [-0.2, -0.15) is 0 Å². The topological polar surface area (TPSA) is 50.7 Å². The van der Waals surface area contributed by atoms with Crippen LogP contribution >= 0.6 is 27.7 Å². The zero-order valence-electron chi connectivity index (χ0n) is 10.2. The minimum absolute atomic E-state index is 0.112. The molecular weight excluding hydrogens is 314 g/mol. The number of thioether (sulfide) groups is 1. The lowest BCUT2D eigenvalue weighted by Gasteiger charge is -2.08. The summed E-state index contributed by atoms with van der Waals surface area (Å²) in [6.07, 6.45) is 0. The lowest BCUT2D eigenvalue weighted by atomic mass is 10.2. The van der Waals surface area contributed by atoms with Gasteiger partial charge in [-0.25, -0.2) is 9.89 Å². The Balaban J connectivity index is 2.14. The van der Waals surface area contributed by atoms with Crippen molar-refractivity contribution < 1.29 is 0 Å². The molecule has 0 bridgehead atoms. The number of nitrogens with one attached hydrogen (secondary N) is 1. The molecule has 0 aliphatic heterocycles. The molecule has 0 unspecified atom stereocenters. The Bertz CT molecular complexity index is 591. The highest BCUT2D eigenvalue weighted by atomic mass is 79.9. The van der Waals surface area contributed by atoms with Crippen LogP contribution in [0, 0.1) is 0 Å². The van der Waals surface area contributed by atoms with Gasteiger partial charge in [0.2, 0.25) is 0 Å². The fourth-order valence-electron chi connectivity index (χ4n) is 1.62. The number of aromatic amines is 1. The molecule has 0 radical (unpaired) electrons. The molecule has 2 rings (SSSR count). The zero-order chi connectivity index (χ0) is 13.1. The Kier molecular flexibility index (Phi) is 4.29. The fourth-order valence-corrected chi connectivity index (χ4v) is 3.09. The zero-order valence-corrected chi connectivity index (χ0v) is 12.6. The molecule has 0 aliphatic carbocycles. The summed E-state index contributed by atoms with van der Waals surface area (Å²) in [5, 5.41) is 7.28. The molecule has 0 fully saturated rings. The molecule has 0 spiro atoms. The number of benzene rings is 1.